The fraction of sp³-hybridized carbons (Fsp3) is 0.500. The van der Waals surface area contributed by atoms with Crippen LogP contribution in [0.1, 0.15) is 12.1 Å². The third-order valence-electron chi connectivity index (χ3n) is 3.83. The van der Waals surface area contributed by atoms with Crippen LogP contribution in [0.25, 0.3) is 10.9 Å². The molecule has 0 bridgehead atoms. The monoisotopic (exact) mass is 309 g/mol. The van der Waals surface area contributed by atoms with Crippen LogP contribution in [-0.4, -0.2) is 49.3 Å². The summed E-state index contributed by atoms with van der Waals surface area (Å²) in [5.41, 5.74) is 2.48. The number of hydrogen-bond acceptors (Lipinski definition) is 3. The van der Waals surface area contributed by atoms with Gasteiger partial charge in [0.1, 0.15) is 0 Å². The average molecular weight is 310 g/mol. The molecule has 116 valence electrons. The Bertz CT molecular complexity index is 504. The molecule has 1 fully saturated rings. The number of hydrogen-bond donors (Lipinski definition) is 2. The van der Waals surface area contributed by atoms with Crippen molar-refractivity contribution in [2.45, 2.75) is 13.0 Å². The van der Waals surface area contributed by atoms with Gasteiger partial charge in [0, 0.05) is 30.8 Å². The van der Waals surface area contributed by atoms with Crippen LogP contribution in [0.15, 0.2) is 30.3 Å². The lowest BCUT2D eigenvalue weighted by Crippen LogP contribution is -2.37. The third-order valence-corrected chi connectivity index (χ3v) is 3.83. The van der Waals surface area contributed by atoms with E-state index in [0.717, 1.165) is 39.4 Å². The number of rotatable bonds is 6. The second-order valence-corrected chi connectivity index (χ2v) is 5.37. The number of fused-ring (bicyclic) bond motifs is 1. The molecule has 1 aliphatic rings. The number of benzene rings is 1. The van der Waals surface area contributed by atoms with E-state index in [0.29, 0.717) is 0 Å². The van der Waals surface area contributed by atoms with E-state index in [2.05, 4.69) is 45.5 Å². The van der Waals surface area contributed by atoms with Gasteiger partial charge in [-0.05, 0) is 37.0 Å². The van der Waals surface area contributed by atoms with E-state index in [1.807, 2.05) is 0 Å². The summed E-state index contributed by atoms with van der Waals surface area (Å²) in [7, 11) is 0. The summed E-state index contributed by atoms with van der Waals surface area (Å²) in [5.74, 6) is 0. The average Bonchev–Trinajstić information content (AvgIpc) is 2.90. The molecule has 0 amide bonds. The smallest absolute Gasteiger partial charge is 0.0594 e. The van der Waals surface area contributed by atoms with Crippen molar-refractivity contribution in [1.29, 1.82) is 0 Å². The van der Waals surface area contributed by atoms with Gasteiger partial charge < -0.3 is 15.0 Å². The number of H-pyrrole nitrogens is 1. The van der Waals surface area contributed by atoms with E-state index in [4.69, 9.17) is 4.74 Å². The molecule has 21 heavy (non-hydrogen) atoms. The Labute approximate surface area is 132 Å². The van der Waals surface area contributed by atoms with Crippen molar-refractivity contribution in [2.75, 3.05) is 39.4 Å². The van der Waals surface area contributed by atoms with Crippen molar-refractivity contribution in [3.8, 4) is 0 Å². The molecule has 2 aromatic rings. The summed E-state index contributed by atoms with van der Waals surface area (Å²) in [6.07, 6.45) is 1.19. The molecule has 4 nitrogen and oxygen atoms in total. The lowest BCUT2D eigenvalue weighted by atomic mass is 10.2. The topological polar surface area (TPSA) is 40.3 Å². The van der Waals surface area contributed by atoms with Crippen molar-refractivity contribution in [3.63, 3.8) is 0 Å². The lowest BCUT2D eigenvalue weighted by Gasteiger charge is -2.26. The maximum atomic E-state index is 5.35. The molecular weight excluding hydrogens is 286 g/mol. The number of para-hydroxylation sites is 1. The SMILES string of the molecule is Cl.c1ccc2[nH]c(CNCCCN3CCOCC3)cc2c1. The molecule has 0 radical (unpaired) electrons. The van der Waals surface area contributed by atoms with Crippen LogP contribution in [0.3, 0.4) is 0 Å². The summed E-state index contributed by atoms with van der Waals surface area (Å²) >= 11 is 0. The minimum absolute atomic E-state index is 0. The molecule has 2 N–H and O–H groups in total. The van der Waals surface area contributed by atoms with E-state index in [1.54, 1.807) is 0 Å². The first-order valence-electron chi connectivity index (χ1n) is 7.49. The molecular formula is C16H24ClN3O. The highest BCUT2D eigenvalue weighted by atomic mass is 35.5. The van der Waals surface area contributed by atoms with E-state index < -0.39 is 0 Å². The van der Waals surface area contributed by atoms with Crippen LogP contribution in [0, 0.1) is 0 Å². The van der Waals surface area contributed by atoms with Gasteiger partial charge in [-0.3, -0.25) is 4.90 Å². The van der Waals surface area contributed by atoms with Crippen LogP contribution >= 0.6 is 12.4 Å². The first-order chi connectivity index (χ1) is 9.92. The number of morpholine rings is 1. The second kappa shape index (κ2) is 8.39. The van der Waals surface area contributed by atoms with Gasteiger partial charge >= 0.3 is 0 Å². The molecule has 5 heteroatoms. The molecule has 0 saturated carbocycles. The molecule has 0 spiro atoms. The molecule has 1 aromatic carbocycles. The quantitative estimate of drug-likeness (QED) is 0.805. The largest absolute Gasteiger partial charge is 0.379 e. The van der Waals surface area contributed by atoms with Crippen molar-refractivity contribution in [2.24, 2.45) is 0 Å². The van der Waals surface area contributed by atoms with Crippen molar-refractivity contribution in [3.05, 3.63) is 36.0 Å². The highest BCUT2D eigenvalue weighted by Crippen LogP contribution is 2.14. The Balaban J connectivity index is 0.00000161. The maximum absolute atomic E-state index is 5.35. The number of nitrogens with zero attached hydrogens (tertiary/aromatic N) is 1. The predicted octanol–water partition coefficient (Wildman–Crippen LogP) is 2.40. The van der Waals surface area contributed by atoms with Crippen LogP contribution < -0.4 is 5.32 Å². The summed E-state index contributed by atoms with van der Waals surface area (Å²) in [4.78, 5) is 5.93. The fourth-order valence-electron chi connectivity index (χ4n) is 2.70. The Morgan fingerprint density at radius 2 is 2.00 bits per heavy atom. The molecule has 1 aromatic heterocycles. The van der Waals surface area contributed by atoms with Crippen molar-refractivity contribution >= 4 is 23.3 Å². The van der Waals surface area contributed by atoms with Gasteiger partial charge in [-0.2, -0.15) is 0 Å². The number of ether oxygens (including phenoxy) is 1. The lowest BCUT2D eigenvalue weighted by molar-refractivity contribution is 0.0374. The summed E-state index contributed by atoms with van der Waals surface area (Å²) < 4.78 is 5.35. The highest BCUT2D eigenvalue weighted by Gasteiger charge is 2.08. The van der Waals surface area contributed by atoms with Gasteiger partial charge in [0.05, 0.1) is 13.2 Å². The van der Waals surface area contributed by atoms with Crippen molar-refractivity contribution in [1.82, 2.24) is 15.2 Å². The van der Waals surface area contributed by atoms with Gasteiger partial charge in [0.2, 0.25) is 0 Å². The number of aromatic nitrogens is 1. The Morgan fingerprint density at radius 3 is 2.81 bits per heavy atom. The maximum Gasteiger partial charge on any atom is 0.0594 e. The Hall–Kier alpha value is -1.07. The molecule has 3 rings (SSSR count). The third kappa shape index (κ3) is 4.71. The Morgan fingerprint density at radius 1 is 1.19 bits per heavy atom. The van der Waals surface area contributed by atoms with E-state index in [9.17, 15) is 0 Å². The van der Waals surface area contributed by atoms with E-state index in [1.165, 1.54) is 29.6 Å². The van der Waals surface area contributed by atoms with Gasteiger partial charge in [-0.15, -0.1) is 12.4 Å². The Kier molecular flexibility index (Phi) is 6.51. The second-order valence-electron chi connectivity index (χ2n) is 5.37. The van der Waals surface area contributed by atoms with Crippen LogP contribution in [0.5, 0.6) is 0 Å². The van der Waals surface area contributed by atoms with Crippen LogP contribution in [0.4, 0.5) is 0 Å². The minimum Gasteiger partial charge on any atom is -0.379 e. The van der Waals surface area contributed by atoms with Gasteiger partial charge in [-0.1, -0.05) is 18.2 Å². The van der Waals surface area contributed by atoms with Gasteiger partial charge in [-0.25, -0.2) is 0 Å². The molecule has 0 unspecified atom stereocenters. The number of nitrogens with one attached hydrogen (secondary N) is 2. The van der Waals surface area contributed by atoms with Crippen LogP contribution in [0.2, 0.25) is 0 Å². The molecule has 0 aliphatic carbocycles. The zero-order chi connectivity index (χ0) is 13.6. The predicted molar refractivity (Wildman–Crippen MR) is 89.1 cm³/mol. The number of halogens is 1. The molecule has 1 saturated heterocycles. The van der Waals surface area contributed by atoms with Gasteiger partial charge in [0.15, 0.2) is 0 Å². The standard InChI is InChI=1S/C16H23N3O.ClH/c1-2-5-16-14(4-1)12-15(18-16)13-17-6-3-7-19-8-10-20-11-9-19;/h1-2,4-5,12,17-18H,3,6-11,13H2;1H. The van der Waals surface area contributed by atoms with Crippen LogP contribution in [-0.2, 0) is 11.3 Å². The zero-order valence-corrected chi connectivity index (χ0v) is 13.1. The normalized spacial score (nSPS) is 16.0. The summed E-state index contributed by atoms with van der Waals surface area (Å²) in [5, 5.41) is 4.80. The highest BCUT2D eigenvalue weighted by molar-refractivity contribution is 5.85. The first-order valence-corrected chi connectivity index (χ1v) is 7.49. The zero-order valence-electron chi connectivity index (χ0n) is 12.3. The molecule has 2 heterocycles. The van der Waals surface area contributed by atoms with E-state index >= 15 is 0 Å². The minimum atomic E-state index is 0. The van der Waals surface area contributed by atoms with E-state index in [-0.39, 0.29) is 12.4 Å². The summed E-state index contributed by atoms with van der Waals surface area (Å²) in [6.45, 7) is 7.10. The molecule has 1 aliphatic heterocycles. The van der Waals surface area contributed by atoms with Crippen molar-refractivity contribution < 1.29 is 4.74 Å². The van der Waals surface area contributed by atoms with Gasteiger partial charge in [0.25, 0.3) is 0 Å². The fourth-order valence-corrected chi connectivity index (χ4v) is 2.70. The molecule has 0 atom stereocenters. The first kappa shape index (κ1) is 16.3. The number of aromatic amines is 1. The summed E-state index contributed by atoms with van der Waals surface area (Å²) in [6, 6.07) is 10.6.